The fraction of sp³-hybridized carbons (Fsp3) is 0.267. The lowest BCUT2D eigenvalue weighted by molar-refractivity contribution is -0.143. The molecule has 1 aromatic heterocycles. The van der Waals surface area contributed by atoms with Crippen molar-refractivity contribution >= 4 is 11.9 Å². The Morgan fingerprint density at radius 2 is 1.96 bits per heavy atom. The highest BCUT2D eigenvalue weighted by Gasteiger charge is 2.34. The van der Waals surface area contributed by atoms with Crippen LogP contribution in [0, 0.1) is 11.6 Å². The standard InChI is InChI=1S/C15H14F2N2O4/c1-3-15(2,14(21)22)19-12(20)10-7-23-13(18-10)11-8(16)5-4-6-9(11)17/h4-7H,3H2,1-2H3,(H,19,20)(H,21,22). The molecule has 6 nitrogen and oxygen atoms in total. The minimum atomic E-state index is -1.49. The molecule has 1 unspecified atom stereocenters. The van der Waals surface area contributed by atoms with Gasteiger partial charge in [-0.05, 0) is 25.5 Å². The highest BCUT2D eigenvalue weighted by Crippen LogP contribution is 2.25. The van der Waals surface area contributed by atoms with E-state index in [0.29, 0.717) is 0 Å². The van der Waals surface area contributed by atoms with Crippen molar-refractivity contribution in [3.05, 3.63) is 41.8 Å². The van der Waals surface area contributed by atoms with Crippen LogP contribution in [-0.4, -0.2) is 27.5 Å². The van der Waals surface area contributed by atoms with Crippen LogP contribution in [0.3, 0.4) is 0 Å². The van der Waals surface area contributed by atoms with Gasteiger partial charge in [0, 0.05) is 0 Å². The maximum Gasteiger partial charge on any atom is 0.329 e. The molecule has 0 bridgehead atoms. The number of carbonyl (C=O) groups is 2. The predicted molar refractivity (Wildman–Crippen MR) is 75.7 cm³/mol. The SMILES string of the molecule is CCC(C)(NC(=O)c1coc(-c2c(F)cccc2F)n1)C(=O)O. The molecule has 0 aliphatic rings. The number of nitrogens with one attached hydrogen (secondary N) is 1. The zero-order valence-electron chi connectivity index (χ0n) is 12.4. The first-order valence-electron chi connectivity index (χ1n) is 6.74. The molecule has 1 heterocycles. The van der Waals surface area contributed by atoms with Crippen LogP contribution in [0.25, 0.3) is 11.5 Å². The van der Waals surface area contributed by atoms with Crippen LogP contribution in [0.5, 0.6) is 0 Å². The van der Waals surface area contributed by atoms with Crippen molar-refractivity contribution in [1.29, 1.82) is 0 Å². The van der Waals surface area contributed by atoms with E-state index in [4.69, 9.17) is 9.52 Å². The highest BCUT2D eigenvalue weighted by molar-refractivity contribution is 5.96. The summed E-state index contributed by atoms with van der Waals surface area (Å²) in [4.78, 5) is 27.0. The molecule has 0 radical (unpaired) electrons. The Balaban J connectivity index is 2.29. The molecule has 8 heteroatoms. The fourth-order valence-corrected chi connectivity index (χ4v) is 1.80. The van der Waals surface area contributed by atoms with Gasteiger partial charge in [0.1, 0.15) is 29.0 Å². The smallest absolute Gasteiger partial charge is 0.329 e. The molecule has 1 amide bonds. The van der Waals surface area contributed by atoms with E-state index >= 15 is 0 Å². The van der Waals surface area contributed by atoms with Gasteiger partial charge in [-0.3, -0.25) is 4.79 Å². The number of rotatable bonds is 5. The van der Waals surface area contributed by atoms with E-state index in [0.717, 1.165) is 18.4 Å². The average Bonchev–Trinajstić information content (AvgIpc) is 2.96. The van der Waals surface area contributed by atoms with Gasteiger partial charge in [0.25, 0.3) is 5.91 Å². The molecule has 0 fully saturated rings. The van der Waals surface area contributed by atoms with Crippen molar-refractivity contribution in [3.63, 3.8) is 0 Å². The van der Waals surface area contributed by atoms with Gasteiger partial charge in [-0.25, -0.2) is 18.6 Å². The van der Waals surface area contributed by atoms with Gasteiger partial charge >= 0.3 is 5.97 Å². The van der Waals surface area contributed by atoms with Crippen molar-refractivity contribution < 1.29 is 27.9 Å². The number of aromatic nitrogens is 1. The number of benzene rings is 1. The number of carbonyl (C=O) groups excluding carboxylic acids is 1. The van der Waals surface area contributed by atoms with Gasteiger partial charge in [0.2, 0.25) is 5.89 Å². The lowest BCUT2D eigenvalue weighted by Crippen LogP contribution is -2.51. The number of carboxylic acids is 1. The molecule has 1 aromatic carbocycles. The predicted octanol–water partition coefficient (Wildman–Crippen LogP) is 2.60. The van der Waals surface area contributed by atoms with Crippen molar-refractivity contribution in [1.82, 2.24) is 10.3 Å². The molecule has 2 aromatic rings. The Labute approximate surface area is 130 Å². The summed E-state index contributed by atoms with van der Waals surface area (Å²) < 4.78 is 32.3. The fourth-order valence-electron chi connectivity index (χ4n) is 1.80. The highest BCUT2D eigenvalue weighted by atomic mass is 19.1. The summed E-state index contributed by atoms with van der Waals surface area (Å²) in [6.07, 6.45) is 1.05. The summed E-state index contributed by atoms with van der Waals surface area (Å²) in [5.74, 6) is -4.20. The third-order valence-corrected chi connectivity index (χ3v) is 3.48. The number of oxazole rings is 1. The largest absolute Gasteiger partial charge is 0.480 e. The quantitative estimate of drug-likeness (QED) is 0.882. The second-order valence-corrected chi connectivity index (χ2v) is 5.08. The van der Waals surface area contributed by atoms with E-state index in [1.807, 2.05) is 0 Å². The van der Waals surface area contributed by atoms with Crippen LogP contribution in [0.4, 0.5) is 8.78 Å². The van der Waals surface area contributed by atoms with Gasteiger partial charge in [0.15, 0.2) is 5.69 Å². The van der Waals surface area contributed by atoms with Crippen molar-refractivity contribution in [2.75, 3.05) is 0 Å². The number of nitrogens with zero attached hydrogens (tertiary/aromatic N) is 1. The van der Waals surface area contributed by atoms with Crippen molar-refractivity contribution in [3.8, 4) is 11.5 Å². The van der Waals surface area contributed by atoms with Gasteiger partial charge in [0.05, 0.1) is 0 Å². The monoisotopic (exact) mass is 324 g/mol. The second kappa shape index (κ2) is 6.15. The zero-order chi connectivity index (χ0) is 17.2. The molecular formula is C15H14F2N2O4. The number of halogens is 2. The normalized spacial score (nSPS) is 13.4. The van der Waals surface area contributed by atoms with Crippen molar-refractivity contribution in [2.24, 2.45) is 0 Å². The zero-order valence-corrected chi connectivity index (χ0v) is 12.4. The van der Waals surface area contributed by atoms with Gasteiger partial charge in [-0.1, -0.05) is 13.0 Å². The van der Waals surface area contributed by atoms with Crippen molar-refractivity contribution in [2.45, 2.75) is 25.8 Å². The summed E-state index contributed by atoms with van der Waals surface area (Å²) in [6, 6.07) is 3.24. The Bertz CT molecular complexity index is 739. The average molecular weight is 324 g/mol. The van der Waals surface area contributed by atoms with E-state index < -0.39 is 40.5 Å². The molecule has 0 aliphatic carbocycles. The second-order valence-electron chi connectivity index (χ2n) is 5.08. The lowest BCUT2D eigenvalue weighted by Gasteiger charge is -2.23. The molecule has 122 valence electrons. The number of hydrogen-bond donors (Lipinski definition) is 2. The molecule has 2 rings (SSSR count). The molecule has 2 N–H and O–H groups in total. The van der Waals surface area contributed by atoms with E-state index in [9.17, 15) is 18.4 Å². The van der Waals surface area contributed by atoms with Crippen LogP contribution >= 0.6 is 0 Å². The Kier molecular flexibility index (Phi) is 4.44. The first-order valence-corrected chi connectivity index (χ1v) is 6.74. The maximum atomic E-state index is 13.7. The van der Waals surface area contributed by atoms with Crippen LogP contribution < -0.4 is 5.32 Å². The third kappa shape index (κ3) is 3.20. The van der Waals surface area contributed by atoms with Gasteiger partial charge in [-0.2, -0.15) is 0 Å². The maximum absolute atomic E-state index is 13.7. The number of carboxylic acid groups (broad SMARTS) is 1. The van der Waals surface area contributed by atoms with Gasteiger partial charge < -0.3 is 14.8 Å². The van der Waals surface area contributed by atoms with E-state index in [2.05, 4.69) is 10.3 Å². The van der Waals surface area contributed by atoms with Crippen LogP contribution in [0.15, 0.2) is 28.9 Å². The lowest BCUT2D eigenvalue weighted by atomic mass is 9.99. The summed E-state index contributed by atoms with van der Waals surface area (Å²) in [6.45, 7) is 2.93. The van der Waals surface area contributed by atoms with E-state index in [1.54, 1.807) is 6.92 Å². The molecule has 23 heavy (non-hydrogen) atoms. The first-order chi connectivity index (χ1) is 10.8. The van der Waals surface area contributed by atoms with Crippen LogP contribution in [0.2, 0.25) is 0 Å². The molecule has 0 aliphatic heterocycles. The minimum Gasteiger partial charge on any atom is -0.480 e. The number of aliphatic carboxylic acids is 1. The van der Waals surface area contributed by atoms with E-state index in [-0.39, 0.29) is 12.1 Å². The summed E-state index contributed by atoms with van der Waals surface area (Å²) in [7, 11) is 0. The first kappa shape index (κ1) is 16.6. The number of amides is 1. The Hall–Kier alpha value is -2.77. The molecule has 0 spiro atoms. The Morgan fingerprint density at radius 1 is 1.35 bits per heavy atom. The van der Waals surface area contributed by atoms with Gasteiger partial charge in [-0.15, -0.1) is 0 Å². The molecular weight excluding hydrogens is 310 g/mol. The third-order valence-electron chi connectivity index (χ3n) is 3.48. The van der Waals surface area contributed by atoms with Crippen LogP contribution in [-0.2, 0) is 4.79 Å². The number of hydrogen-bond acceptors (Lipinski definition) is 4. The summed E-state index contributed by atoms with van der Waals surface area (Å²) in [5, 5.41) is 11.4. The molecule has 1 atom stereocenters. The topological polar surface area (TPSA) is 92.4 Å². The summed E-state index contributed by atoms with van der Waals surface area (Å²) >= 11 is 0. The van der Waals surface area contributed by atoms with E-state index in [1.165, 1.54) is 13.0 Å². The minimum absolute atomic E-state index is 0.140. The summed E-state index contributed by atoms with van der Waals surface area (Å²) in [5.41, 5.74) is -2.26. The Morgan fingerprint density at radius 3 is 2.48 bits per heavy atom. The molecule has 0 saturated heterocycles. The van der Waals surface area contributed by atoms with Crippen LogP contribution in [0.1, 0.15) is 30.8 Å². The molecule has 0 saturated carbocycles.